The summed E-state index contributed by atoms with van der Waals surface area (Å²) >= 11 is 7.50. The molecule has 1 N–H and O–H groups in total. The molecule has 6 nitrogen and oxygen atoms in total. The van der Waals surface area contributed by atoms with E-state index in [1.165, 1.54) is 37.4 Å². The highest BCUT2D eigenvalue weighted by Gasteiger charge is 2.42. The van der Waals surface area contributed by atoms with Crippen LogP contribution < -0.4 is 10.1 Å². The van der Waals surface area contributed by atoms with E-state index in [0.29, 0.717) is 45.4 Å². The van der Waals surface area contributed by atoms with Crippen molar-refractivity contribution < 1.29 is 9.53 Å². The summed E-state index contributed by atoms with van der Waals surface area (Å²) in [6, 6.07) is 7.71. The van der Waals surface area contributed by atoms with Gasteiger partial charge < -0.3 is 14.6 Å². The average Bonchev–Trinajstić information content (AvgIpc) is 3.57. The molecule has 8 heteroatoms. The molecule has 0 unspecified atom stereocenters. The second-order valence-corrected chi connectivity index (χ2v) is 8.58. The lowest BCUT2D eigenvalue weighted by molar-refractivity contribution is -0.119. The van der Waals surface area contributed by atoms with E-state index >= 15 is 0 Å². The fourth-order valence-electron chi connectivity index (χ4n) is 3.19. The molecule has 4 rings (SSSR count). The Morgan fingerprint density at radius 1 is 1.30 bits per heavy atom. The van der Waals surface area contributed by atoms with Crippen LogP contribution in [0.5, 0.6) is 5.75 Å². The number of halogens is 1. The zero-order valence-electron chi connectivity index (χ0n) is 15.2. The van der Waals surface area contributed by atoms with Crippen LogP contribution in [0.15, 0.2) is 29.4 Å². The number of thioether (sulfide) groups is 1. The Kier molecular flexibility index (Phi) is 5.59. The fraction of sp³-hybridized carbons (Fsp3) is 0.526. The summed E-state index contributed by atoms with van der Waals surface area (Å²) in [4.78, 5) is 12.3. The second-order valence-electron chi connectivity index (χ2n) is 7.23. The average molecular weight is 407 g/mol. The van der Waals surface area contributed by atoms with Crippen molar-refractivity contribution in [2.75, 3.05) is 5.75 Å². The highest BCUT2D eigenvalue weighted by Crippen LogP contribution is 2.44. The molecule has 0 radical (unpaired) electrons. The molecule has 0 bridgehead atoms. The van der Waals surface area contributed by atoms with Gasteiger partial charge >= 0.3 is 0 Å². The van der Waals surface area contributed by atoms with Crippen molar-refractivity contribution in [1.29, 1.82) is 0 Å². The van der Waals surface area contributed by atoms with Crippen LogP contribution >= 0.6 is 23.4 Å². The number of ether oxygens (including phenoxy) is 1. The largest absolute Gasteiger partial charge is 0.484 e. The van der Waals surface area contributed by atoms with Crippen LogP contribution in [0, 0.1) is 11.8 Å². The number of carbonyl (C=O) groups is 1. The van der Waals surface area contributed by atoms with E-state index in [-0.39, 0.29) is 12.5 Å². The number of hydrogen-bond donors (Lipinski definition) is 1. The van der Waals surface area contributed by atoms with E-state index in [9.17, 15) is 4.79 Å². The summed E-state index contributed by atoms with van der Waals surface area (Å²) in [5.74, 6) is 3.15. The van der Waals surface area contributed by atoms with Crippen molar-refractivity contribution in [3.05, 3.63) is 35.1 Å². The highest BCUT2D eigenvalue weighted by molar-refractivity contribution is 7.99. The molecular formula is C19H23ClN4O2S. The van der Waals surface area contributed by atoms with Crippen molar-refractivity contribution >= 4 is 29.3 Å². The summed E-state index contributed by atoms with van der Waals surface area (Å²) in [5.41, 5.74) is 0. The first-order valence-corrected chi connectivity index (χ1v) is 10.7. The molecule has 2 fully saturated rings. The van der Waals surface area contributed by atoms with Crippen LogP contribution in [0.1, 0.15) is 31.5 Å². The van der Waals surface area contributed by atoms with Gasteiger partial charge in [0.15, 0.2) is 11.0 Å². The molecule has 1 heterocycles. The van der Waals surface area contributed by atoms with E-state index in [0.717, 1.165) is 0 Å². The van der Waals surface area contributed by atoms with Gasteiger partial charge in [-0.2, -0.15) is 0 Å². The molecule has 144 valence electrons. The van der Waals surface area contributed by atoms with Crippen molar-refractivity contribution in [2.45, 2.75) is 43.5 Å². The van der Waals surface area contributed by atoms with E-state index < -0.39 is 0 Å². The summed E-state index contributed by atoms with van der Waals surface area (Å²) in [5, 5.41) is 12.8. The third-order valence-corrected chi connectivity index (χ3v) is 6.37. The molecular weight excluding hydrogens is 384 g/mol. The first-order chi connectivity index (χ1) is 13.1. The molecule has 2 saturated carbocycles. The maximum atomic E-state index is 12.3. The fourth-order valence-corrected chi connectivity index (χ4v) is 4.12. The van der Waals surface area contributed by atoms with Gasteiger partial charge in [0.2, 0.25) is 5.91 Å². The quantitative estimate of drug-likeness (QED) is 0.646. The van der Waals surface area contributed by atoms with Crippen LogP contribution in [0.3, 0.4) is 0 Å². The molecule has 27 heavy (non-hydrogen) atoms. The Balaban J connectivity index is 1.28. The van der Waals surface area contributed by atoms with Crippen LogP contribution in [0.2, 0.25) is 5.02 Å². The number of para-hydroxylation sites is 1. The van der Waals surface area contributed by atoms with Gasteiger partial charge in [0.1, 0.15) is 12.4 Å². The van der Waals surface area contributed by atoms with Crippen LogP contribution in [0.4, 0.5) is 0 Å². The topological polar surface area (TPSA) is 69.0 Å². The molecule has 1 aromatic heterocycles. The summed E-state index contributed by atoms with van der Waals surface area (Å²) in [6.07, 6.45) is 5.03. The number of benzene rings is 1. The Bertz CT molecular complexity index is 808. The normalized spacial score (nSPS) is 16.6. The maximum Gasteiger partial charge on any atom is 0.230 e. The van der Waals surface area contributed by atoms with Crippen LogP contribution in [0.25, 0.3) is 0 Å². The van der Waals surface area contributed by atoms with E-state index in [1.54, 1.807) is 6.07 Å². The van der Waals surface area contributed by atoms with Gasteiger partial charge in [-0.25, -0.2) is 0 Å². The van der Waals surface area contributed by atoms with Gasteiger partial charge in [-0.15, -0.1) is 10.2 Å². The van der Waals surface area contributed by atoms with Crippen molar-refractivity contribution in [1.82, 2.24) is 20.1 Å². The van der Waals surface area contributed by atoms with E-state index in [2.05, 4.69) is 15.5 Å². The second kappa shape index (κ2) is 8.10. The lowest BCUT2D eigenvalue weighted by Crippen LogP contribution is -2.39. The van der Waals surface area contributed by atoms with Crippen molar-refractivity contribution in [3.8, 4) is 5.75 Å². The lowest BCUT2D eigenvalue weighted by Gasteiger charge is -2.17. The van der Waals surface area contributed by atoms with Crippen molar-refractivity contribution in [2.24, 2.45) is 18.9 Å². The Morgan fingerprint density at radius 2 is 2.00 bits per heavy atom. The zero-order chi connectivity index (χ0) is 18.8. The predicted octanol–water partition coefficient (Wildman–Crippen LogP) is 3.44. The minimum absolute atomic E-state index is 0.0840. The minimum Gasteiger partial charge on any atom is -0.484 e. The van der Waals surface area contributed by atoms with Gasteiger partial charge in [-0.05, 0) is 49.7 Å². The van der Waals surface area contributed by atoms with Gasteiger partial charge in [0.25, 0.3) is 0 Å². The molecule has 2 aliphatic rings. The molecule has 1 aromatic carbocycles. The molecule has 0 spiro atoms. The minimum atomic E-state index is 0.0840. The number of aromatic nitrogens is 3. The standard InChI is InChI=1S/C19H23ClN4O2S/c1-24-16(10-26-15-5-3-2-4-14(15)20)22-23-19(24)27-11-17(25)21-18(12-6-7-12)13-8-9-13/h2-5,12-13,18H,6-11H2,1H3,(H,21,25). The monoisotopic (exact) mass is 406 g/mol. The summed E-state index contributed by atoms with van der Waals surface area (Å²) in [7, 11) is 1.88. The predicted molar refractivity (Wildman–Crippen MR) is 105 cm³/mol. The number of hydrogen-bond acceptors (Lipinski definition) is 5. The number of nitrogens with one attached hydrogen (secondary N) is 1. The van der Waals surface area contributed by atoms with Crippen molar-refractivity contribution in [3.63, 3.8) is 0 Å². The van der Waals surface area contributed by atoms with Gasteiger partial charge in [0.05, 0.1) is 10.8 Å². The third kappa shape index (κ3) is 4.76. The zero-order valence-corrected chi connectivity index (χ0v) is 16.8. The Labute approximate surface area is 168 Å². The summed E-state index contributed by atoms with van der Waals surface area (Å²) < 4.78 is 7.57. The van der Waals surface area contributed by atoms with Crippen LogP contribution in [-0.4, -0.2) is 32.5 Å². The Morgan fingerprint density at radius 3 is 2.67 bits per heavy atom. The molecule has 2 aliphatic carbocycles. The SMILES string of the molecule is Cn1c(COc2ccccc2Cl)nnc1SCC(=O)NC(C1CC1)C1CC1. The lowest BCUT2D eigenvalue weighted by atomic mass is 10.1. The van der Waals surface area contributed by atoms with Gasteiger partial charge in [-0.3, -0.25) is 4.79 Å². The molecule has 0 aliphatic heterocycles. The molecule has 0 atom stereocenters. The van der Waals surface area contributed by atoms with E-state index in [4.69, 9.17) is 16.3 Å². The third-order valence-electron chi connectivity index (χ3n) is 5.04. The molecule has 2 aromatic rings. The van der Waals surface area contributed by atoms with Crippen LogP contribution in [-0.2, 0) is 18.4 Å². The van der Waals surface area contributed by atoms with Gasteiger partial charge in [-0.1, -0.05) is 35.5 Å². The maximum absolute atomic E-state index is 12.3. The van der Waals surface area contributed by atoms with E-state index in [1.807, 2.05) is 29.8 Å². The first kappa shape index (κ1) is 18.6. The van der Waals surface area contributed by atoms with Gasteiger partial charge in [0, 0.05) is 13.1 Å². The smallest absolute Gasteiger partial charge is 0.230 e. The Hall–Kier alpha value is -1.73. The molecule has 1 amide bonds. The number of amides is 1. The first-order valence-electron chi connectivity index (χ1n) is 9.29. The highest BCUT2D eigenvalue weighted by atomic mass is 35.5. The number of rotatable bonds is 9. The molecule has 0 saturated heterocycles. The number of nitrogens with zero attached hydrogens (tertiary/aromatic N) is 3. The summed E-state index contributed by atoms with van der Waals surface area (Å²) in [6.45, 7) is 0.269. The number of carbonyl (C=O) groups excluding carboxylic acids is 1.